The van der Waals surface area contributed by atoms with Crippen molar-refractivity contribution in [1.82, 2.24) is 20.0 Å². The molecule has 2 aliphatic heterocycles. The van der Waals surface area contributed by atoms with Crippen molar-refractivity contribution >= 4 is 18.0 Å². The topological polar surface area (TPSA) is 90.6 Å². The van der Waals surface area contributed by atoms with Crippen LogP contribution in [-0.4, -0.2) is 90.6 Å². The molecule has 1 aromatic rings. The number of likely N-dealkylation sites (tertiary alicyclic amines) is 1. The van der Waals surface area contributed by atoms with Crippen LogP contribution in [0.1, 0.15) is 51.1 Å². The lowest BCUT2D eigenvalue weighted by Gasteiger charge is -2.37. The zero-order valence-corrected chi connectivity index (χ0v) is 19.8. The Morgan fingerprint density at radius 3 is 2.50 bits per heavy atom. The first kappa shape index (κ1) is 23.9. The summed E-state index contributed by atoms with van der Waals surface area (Å²) in [5.74, 6) is 1.49. The fraction of sp³-hybridized carbons (Fsp3) is 0.696. The van der Waals surface area contributed by atoms with Crippen LogP contribution in [0, 0.1) is 5.92 Å². The second-order valence-corrected chi connectivity index (χ2v) is 9.39. The molecule has 1 aromatic heterocycles. The Morgan fingerprint density at radius 1 is 1.16 bits per heavy atom. The van der Waals surface area contributed by atoms with E-state index in [1.54, 1.807) is 17.0 Å². The molecule has 0 bridgehead atoms. The summed E-state index contributed by atoms with van der Waals surface area (Å²) in [7, 11) is 0. The first-order valence-electron chi connectivity index (χ1n) is 11.6. The molecule has 0 saturated carbocycles. The van der Waals surface area contributed by atoms with E-state index in [0.29, 0.717) is 50.9 Å². The summed E-state index contributed by atoms with van der Waals surface area (Å²) in [6.45, 7) is 13.2. The van der Waals surface area contributed by atoms with E-state index in [2.05, 4.69) is 17.1 Å². The van der Waals surface area contributed by atoms with E-state index in [1.165, 1.54) is 6.26 Å². The maximum atomic E-state index is 12.5. The molecule has 1 atom stereocenters. The van der Waals surface area contributed by atoms with Crippen LogP contribution >= 0.6 is 0 Å². The van der Waals surface area contributed by atoms with Crippen LogP contribution in [0.15, 0.2) is 27.8 Å². The molecule has 1 N–H and O–H groups in total. The van der Waals surface area contributed by atoms with Crippen LogP contribution in [0.4, 0.5) is 4.79 Å². The molecule has 178 valence electrons. The molecule has 3 heterocycles. The molecule has 1 unspecified atom stereocenters. The number of nitrogens with one attached hydrogen (secondary N) is 1. The lowest BCUT2D eigenvalue weighted by Crippen LogP contribution is -2.54. The van der Waals surface area contributed by atoms with Crippen LogP contribution < -0.4 is 5.32 Å². The molecule has 9 nitrogen and oxygen atoms in total. The number of rotatable bonds is 4. The minimum atomic E-state index is -0.485. The number of piperidine rings is 1. The quantitative estimate of drug-likeness (QED) is 0.564. The molecular formula is C23H37N5O4. The lowest BCUT2D eigenvalue weighted by atomic mass is 9.98. The Balaban J connectivity index is 1.53. The number of piperazine rings is 1. The van der Waals surface area contributed by atoms with Crippen molar-refractivity contribution in [1.29, 1.82) is 0 Å². The van der Waals surface area contributed by atoms with Crippen molar-refractivity contribution in [3.8, 4) is 0 Å². The Morgan fingerprint density at radius 2 is 1.88 bits per heavy atom. The van der Waals surface area contributed by atoms with E-state index in [1.807, 2.05) is 25.7 Å². The maximum Gasteiger partial charge on any atom is 0.410 e. The number of furan rings is 1. The summed E-state index contributed by atoms with van der Waals surface area (Å²) in [6.07, 6.45) is 3.29. The number of carbonyl (C=O) groups is 2. The first-order valence-corrected chi connectivity index (χ1v) is 11.6. The van der Waals surface area contributed by atoms with Crippen LogP contribution in [-0.2, 0) is 4.74 Å². The van der Waals surface area contributed by atoms with Gasteiger partial charge in [-0.3, -0.25) is 9.79 Å². The highest BCUT2D eigenvalue weighted by Gasteiger charge is 2.28. The monoisotopic (exact) mass is 447 g/mol. The highest BCUT2D eigenvalue weighted by atomic mass is 16.6. The third-order valence-electron chi connectivity index (χ3n) is 5.60. The van der Waals surface area contributed by atoms with Gasteiger partial charge in [0.1, 0.15) is 5.60 Å². The summed E-state index contributed by atoms with van der Waals surface area (Å²) in [5, 5.41) is 3.38. The zero-order valence-electron chi connectivity index (χ0n) is 19.8. The third kappa shape index (κ3) is 6.64. The van der Waals surface area contributed by atoms with Gasteiger partial charge < -0.3 is 29.2 Å². The molecule has 0 spiro atoms. The Bertz CT molecular complexity index is 779. The summed E-state index contributed by atoms with van der Waals surface area (Å²) in [6, 6.07) is 3.43. The number of aliphatic imine (C=N–C) groups is 1. The molecule has 9 heteroatoms. The second-order valence-electron chi connectivity index (χ2n) is 9.39. The number of carbonyl (C=O) groups excluding carboxylic acids is 2. The molecule has 2 fully saturated rings. The minimum absolute atomic E-state index is 0.0685. The molecule has 0 radical (unpaired) electrons. The van der Waals surface area contributed by atoms with Crippen molar-refractivity contribution in [3.63, 3.8) is 0 Å². The number of hydrogen-bond acceptors (Lipinski definition) is 5. The first-order chi connectivity index (χ1) is 15.3. The molecule has 2 amide bonds. The summed E-state index contributed by atoms with van der Waals surface area (Å²) >= 11 is 0. The third-order valence-corrected chi connectivity index (χ3v) is 5.60. The average molecular weight is 448 g/mol. The number of ether oxygens (including phenoxy) is 1. The van der Waals surface area contributed by atoms with Crippen LogP contribution in [0.25, 0.3) is 0 Å². The largest absolute Gasteiger partial charge is 0.459 e. The maximum absolute atomic E-state index is 12.5. The normalized spacial score (nSPS) is 20.3. The highest BCUT2D eigenvalue weighted by Crippen LogP contribution is 2.20. The van der Waals surface area contributed by atoms with Crippen molar-refractivity contribution in [3.05, 3.63) is 24.2 Å². The molecule has 0 aromatic carbocycles. The van der Waals surface area contributed by atoms with Gasteiger partial charge in [-0.05, 0) is 58.6 Å². The summed E-state index contributed by atoms with van der Waals surface area (Å²) < 4.78 is 10.8. The highest BCUT2D eigenvalue weighted by molar-refractivity contribution is 5.91. The number of guanidine groups is 1. The van der Waals surface area contributed by atoms with Gasteiger partial charge in [0.25, 0.3) is 5.91 Å². The minimum Gasteiger partial charge on any atom is -0.459 e. The van der Waals surface area contributed by atoms with Gasteiger partial charge >= 0.3 is 6.09 Å². The molecule has 2 aliphatic rings. The van der Waals surface area contributed by atoms with Crippen LogP contribution in [0.2, 0.25) is 0 Å². The van der Waals surface area contributed by atoms with Crippen molar-refractivity contribution in [2.45, 2.75) is 46.1 Å². The van der Waals surface area contributed by atoms with Gasteiger partial charge in [0.15, 0.2) is 11.7 Å². The van der Waals surface area contributed by atoms with E-state index in [9.17, 15) is 9.59 Å². The predicted molar refractivity (Wildman–Crippen MR) is 123 cm³/mol. The van der Waals surface area contributed by atoms with Gasteiger partial charge in [-0.25, -0.2) is 4.79 Å². The van der Waals surface area contributed by atoms with Gasteiger partial charge in [-0.2, -0.15) is 0 Å². The van der Waals surface area contributed by atoms with E-state index in [-0.39, 0.29) is 12.0 Å². The lowest BCUT2D eigenvalue weighted by molar-refractivity contribution is 0.0170. The molecule has 32 heavy (non-hydrogen) atoms. The zero-order chi connectivity index (χ0) is 23.1. The SMILES string of the molecule is CCNC(=NCC1CCCN(C(=O)OC(C)(C)C)C1)N1CCN(C(=O)c2ccco2)CC1. The second kappa shape index (κ2) is 10.7. The standard InChI is InChI=1S/C23H37N5O4/c1-5-24-21(27-13-11-26(12-14-27)20(29)19-9-7-15-31-19)25-16-18-8-6-10-28(17-18)22(30)32-23(2,3)4/h7,9,15,18H,5-6,8,10-14,16-17H2,1-4H3,(H,24,25). The summed E-state index contributed by atoms with van der Waals surface area (Å²) in [4.78, 5) is 35.6. The van der Waals surface area contributed by atoms with Crippen LogP contribution in [0.5, 0.6) is 0 Å². The molecular weight excluding hydrogens is 410 g/mol. The molecule has 0 aliphatic carbocycles. The van der Waals surface area contributed by atoms with Crippen molar-refractivity contribution in [2.75, 3.05) is 52.4 Å². The number of hydrogen-bond donors (Lipinski definition) is 1. The smallest absolute Gasteiger partial charge is 0.410 e. The van der Waals surface area contributed by atoms with Gasteiger partial charge in [0, 0.05) is 52.4 Å². The Kier molecular flexibility index (Phi) is 8.04. The predicted octanol–water partition coefficient (Wildman–Crippen LogP) is 2.65. The fourth-order valence-corrected chi connectivity index (χ4v) is 4.03. The van der Waals surface area contributed by atoms with Crippen molar-refractivity contribution in [2.24, 2.45) is 10.9 Å². The van der Waals surface area contributed by atoms with E-state index in [4.69, 9.17) is 14.1 Å². The van der Waals surface area contributed by atoms with Gasteiger partial charge in [0.2, 0.25) is 0 Å². The Labute approximate surface area is 190 Å². The average Bonchev–Trinajstić information content (AvgIpc) is 3.30. The van der Waals surface area contributed by atoms with E-state index < -0.39 is 5.60 Å². The molecule has 2 saturated heterocycles. The van der Waals surface area contributed by atoms with Crippen molar-refractivity contribution < 1.29 is 18.7 Å². The molecule has 3 rings (SSSR count). The Hall–Kier alpha value is -2.71. The van der Waals surface area contributed by atoms with E-state index in [0.717, 1.165) is 31.9 Å². The summed E-state index contributed by atoms with van der Waals surface area (Å²) in [5.41, 5.74) is -0.485. The van der Waals surface area contributed by atoms with Gasteiger partial charge in [-0.15, -0.1) is 0 Å². The number of amides is 2. The number of nitrogens with zero attached hydrogens (tertiary/aromatic N) is 4. The van der Waals surface area contributed by atoms with E-state index >= 15 is 0 Å². The van der Waals surface area contributed by atoms with Gasteiger partial charge in [0.05, 0.1) is 6.26 Å². The van der Waals surface area contributed by atoms with Gasteiger partial charge in [-0.1, -0.05) is 0 Å². The van der Waals surface area contributed by atoms with Crippen LogP contribution in [0.3, 0.4) is 0 Å². The fourth-order valence-electron chi connectivity index (χ4n) is 4.03.